The zero-order valence-electron chi connectivity index (χ0n) is 9.33. The average molecular weight is 222 g/mol. The van der Waals surface area contributed by atoms with Gasteiger partial charge < -0.3 is 25.2 Å². The fourth-order valence-corrected chi connectivity index (χ4v) is 1.42. The highest BCUT2D eigenvalue weighted by Gasteiger charge is 2.15. The Kier molecular flexibility index (Phi) is 7.90. The molecule has 0 radical (unpaired) electrons. The molecule has 4 unspecified atom stereocenters. The van der Waals surface area contributed by atoms with E-state index >= 15 is 0 Å². The molecule has 0 aliphatic rings. The molecule has 5 heteroatoms. The van der Waals surface area contributed by atoms with E-state index in [1.807, 2.05) is 0 Å². The highest BCUT2D eigenvalue weighted by atomic mass is 16.5. The van der Waals surface area contributed by atoms with Crippen molar-refractivity contribution in [2.45, 2.75) is 51.1 Å². The highest BCUT2D eigenvalue weighted by molar-refractivity contribution is 4.64. The van der Waals surface area contributed by atoms with Gasteiger partial charge in [0.1, 0.15) is 0 Å². The molecule has 0 saturated carbocycles. The summed E-state index contributed by atoms with van der Waals surface area (Å²) < 4.78 is 5.45. The number of ether oxygens (including phenoxy) is 1. The molecule has 0 aliphatic carbocycles. The summed E-state index contributed by atoms with van der Waals surface area (Å²) in [5.41, 5.74) is 0. The molecule has 0 spiro atoms. The van der Waals surface area contributed by atoms with Gasteiger partial charge in [-0.1, -0.05) is 0 Å². The summed E-state index contributed by atoms with van der Waals surface area (Å²) in [5, 5.41) is 35.5. The van der Waals surface area contributed by atoms with Gasteiger partial charge in [-0.15, -0.1) is 0 Å². The van der Waals surface area contributed by atoms with Crippen molar-refractivity contribution in [2.24, 2.45) is 0 Å². The van der Waals surface area contributed by atoms with Gasteiger partial charge in [0.2, 0.25) is 0 Å². The zero-order valence-corrected chi connectivity index (χ0v) is 9.33. The van der Waals surface area contributed by atoms with Crippen molar-refractivity contribution in [1.29, 1.82) is 0 Å². The van der Waals surface area contributed by atoms with Gasteiger partial charge in [0, 0.05) is 12.8 Å². The fourth-order valence-electron chi connectivity index (χ4n) is 1.42. The van der Waals surface area contributed by atoms with Gasteiger partial charge >= 0.3 is 0 Å². The maximum atomic E-state index is 9.15. The van der Waals surface area contributed by atoms with Crippen LogP contribution in [0.2, 0.25) is 0 Å². The first-order chi connectivity index (χ1) is 6.99. The molecule has 15 heavy (non-hydrogen) atoms. The molecule has 5 nitrogen and oxygen atoms in total. The van der Waals surface area contributed by atoms with Crippen LogP contribution in [0.3, 0.4) is 0 Å². The molecular formula is C10H22O5. The lowest BCUT2D eigenvalue weighted by Crippen LogP contribution is -2.27. The molecule has 0 rings (SSSR count). The predicted octanol–water partition coefficient (Wildman–Crippen LogP) is -0.733. The summed E-state index contributed by atoms with van der Waals surface area (Å²) in [6.45, 7) is 3.03. The summed E-state index contributed by atoms with van der Waals surface area (Å²) in [5.74, 6) is 0. The van der Waals surface area contributed by atoms with E-state index < -0.39 is 12.2 Å². The Labute approximate surface area is 90.3 Å². The second-order valence-corrected chi connectivity index (χ2v) is 3.90. The molecule has 0 fully saturated rings. The number of hydrogen-bond donors (Lipinski definition) is 4. The van der Waals surface area contributed by atoms with E-state index in [-0.39, 0.29) is 25.4 Å². The van der Waals surface area contributed by atoms with Crippen LogP contribution in [0.5, 0.6) is 0 Å². The van der Waals surface area contributed by atoms with Gasteiger partial charge in [-0.25, -0.2) is 0 Å². The van der Waals surface area contributed by atoms with E-state index in [9.17, 15) is 0 Å². The van der Waals surface area contributed by atoms with Crippen molar-refractivity contribution < 1.29 is 25.2 Å². The zero-order chi connectivity index (χ0) is 11.8. The lowest BCUT2D eigenvalue weighted by Gasteiger charge is -2.22. The second kappa shape index (κ2) is 8.01. The minimum Gasteiger partial charge on any atom is -0.394 e. The van der Waals surface area contributed by atoms with Gasteiger partial charge in [-0.2, -0.15) is 0 Å². The van der Waals surface area contributed by atoms with Crippen LogP contribution in [-0.4, -0.2) is 58.1 Å². The summed E-state index contributed by atoms with van der Waals surface area (Å²) >= 11 is 0. The van der Waals surface area contributed by atoms with Crippen molar-refractivity contribution >= 4 is 0 Å². The van der Waals surface area contributed by atoms with Crippen molar-refractivity contribution in [3.05, 3.63) is 0 Å². The smallest absolute Gasteiger partial charge is 0.0795 e. The largest absolute Gasteiger partial charge is 0.394 e. The Morgan fingerprint density at radius 1 is 0.867 bits per heavy atom. The molecular weight excluding hydrogens is 200 g/mol. The van der Waals surface area contributed by atoms with Gasteiger partial charge in [0.15, 0.2) is 0 Å². The fraction of sp³-hybridized carbons (Fsp3) is 1.00. The topological polar surface area (TPSA) is 90.2 Å². The lowest BCUT2D eigenvalue weighted by molar-refractivity contribution is -0.0496. The van der Waals surface area contributed by atoms with Crippen molar-refractivity contribution in [3.63, 3.8) is 0 Å². The average Bonchev–Trinajstić information content (AvgIpc) is 2.16. The standard InChI is InChI=1S/C10H22O5/c1-7(3-9(13)5-11)15-8(2)4-10(14)6-12/h7-14H,3-6H2,1-2H3. The van der Waals surface area contributed by atoms with E-state index in [0.29, 0.717) is 12.8 Å². The molecule has 0 saturated heterocycles. The van der Waals surface area contributed by atoms with Crippen LogP contribution in [0.25, 0.3) is 0 Å². The van der Waals surface area contributed by atoms with Crippen LogP contribution in [0.4, 0.5) is 0 Å². The molecule has 0 aliphatic heterocycles. The maximum Gasteiger partial charge on any atom is 0.0795 e. The summed E-state index contributed by atoms with van der Waals surface area (Å²) in [6, 6.07) is 0. The minimum atomic E-state index is -0.769. The second-order valence-electron chi connectivity index (χ2n) is 3.90. The third-order valence-electron chi connectivity index (χ3n) is 2.09. The first kappa shape index (κ1) is 14.8. The molecule has 0 aromatic heterocycles. The van der Waals surface area contributed by atoms with Crippen LogP contribution in [0.15, 0.2) is 0 Å². The van der Waals surface area contributed by atoms with Gasteiger partial charge in [-0.05, 0) is 13.8 Å². The molecule has 0 heterocycles. The molecule has 4 atom stereocenters. The van der Waals surface area contributed by atoms with Crippen LogP contribution in [-0.2, 0) is 4.74 Å². The van der Waals surface area contributed by atoms with E-state index in [0.717, 1.165) is 0 Å². The summed E-state index contributed by atoms with van der Waals surface area (Å²) in [4.78, 5) is 0. The van der Waals surface area contributed by atoms with Crippen LogP contribution in [0, 0.1) is 0 Å². The molecule has 92 valence electrons. The van der Waals surface area contributed by atoms with E-state index in [2.05, 4.69) is 0 Å². The van der Waals surface area contributed by atoms with Gasteiger partial charge in [0.05, 0.1) is 37.6 Å². The van der Waals surface area contributed by atoms with Crippen molar-refractivity contribution in [2.75, 3.05) is 13.2 Å². The van der Waals surface area contributed by atoms with Crippen LogP contribution in [0.1, 0.15) is 26.7 Å². The molecule has 0 bridgehead atoms. The Hall–Kier alpha value is -0.200. The van der Waals surface area contributed by atoms with E-state index in [1.165, 1.54) is 0 Å². The normalized spacial score (nSPS) is 19.6. The SMILES string of the molecule is CC(CC(O)CO)OC(C)CC(O)CO. The first-order valence-electron chi connectivity index (χ1n) is 5.22. The van der Waals surface area contributed by atoms with Gasteiger partial charge in [0.25, 0.3) is 0 Å². The van der Waals surface area contributed by atoms with Gasteiger partial charge in [-0.3, -0.25) is 0 Å². The van der Waals surface area contributed by atoms with Crippen molar-refractivity contribution in [1.82, 2.24) is 0 Å². The Morgan fingerprint density at radius 2 is 1.20 bits per heavy atom. The number of rotatable bonds is 8. The molecule has 4 N–H and O–H groups in total. The molecule has 0 aromatic carbocycles. The predicted molar refractivity (Wildman–Crippen MR) is 55.4 cm³/mol. The number of aliphatic hydroxyl groups excluding tert-OH is 4. The lowest BCUT2D eigenvalue weighted by atomic mass is 10.1. The Bertz CT molecular complexity index is 137. The monoisotopic (exact) mass is 222 g/mol. The van der Waals surface area contributed by atoms with Crippen molar-refractivity contribution in [3.8, 4) is 0 Å². The first-order valence-corrected chi connectivity index (χ1v) is 5.22. The quantitative estimate of drug-likeness (QED) is 0.434. The third kappa shape index (κ3) is 7.70. The number of hydrogen-bond acceptors (Lipinski definition) is 5. The molecule has 0 aromatic rings. The summed E-state index contributed by atoms with van der Waals surface area (Å²) in [7, 11) is 0. The maximum absolute atomic E-state index is 9.15. The Balaban J connectivity index is 3.70. The highest BCUT2D eigenvalue weighted by Crippen LogP contribution is 2.09. The van der Waals surface area contributed by atoms with E-state index in [4.69, 9.17) is 25.2 Å². The van der Waals surface area contributed by atoms with Crippen LogP contribution >= 0.6 is 0 Å². The van der Waals surface area contributed by atoms with E-state index in [1.54, 1.807) is 13.8 Å². The minimum absolute atomic E-state index is 0.187. The molecule has 0 amide bonds. The number of aliphatic hydroxyl groups is 4. The van der Waals surface area contributed by atoms with Crippen LogP contribution < -0.4 is 0 Å². The third-order valence-corrected chi connectivity index (χ3v) is 2.09. The Morgan fingerprint density at radius 3 is 1.47 bits per heavy atom. The summed E-state index contributed by atoms with van der Waals surface area (Å²) in [6.07, 6.45) is -1.20.